The molecule has 0 radical (unpaired) electrons. The van der Waals surface area contributed by atoms with E-state index in [1.807, 2.05) is 0 Å². The standard InChI is InChI=1S/C10H21N3O/c11-7-9(6-10(12)14)13-5-4-8-2-1-3-8/h8-9,13H,1-7,11H2,(H2,12,14). The highest BCUT2D eigenvalue weighted by Gasteiger charge is 2.17. The first-order valence-corrected chi connectivity index (χ1v) is 5.44. The largest absolute Gasteiger partial charge is 0.370 e. The second-order valence-electron chi connectivity index (χ2n) is 4.14. The molecule has 1 saturated carbocycles. The first kappa shape index (κ1) is 11.5. The van der Waals surface area contributed by atoms with Crippen LogP contribution >= 0.6 is 0 Å². The lowest BCUT2D eigenvalue weighted by molar-refractivity contribution is -0.118. The van der Waals surface area contributed by atoms with E-state index in [4.69, 9.17) is 11.5 Å². The van der Waals surface area contributed by atoms with Crippen molar-refractivity contribution < 1.29 is 4.79 Å². The Morgan fingerprint density at radius 3 is 2.64 bits per heavy atom. The van der Waals surface area contributed by atoms with Gasteiger partial charge in [-0.1, -0.05) is 19.3 Å². The maximum Gasteiger partial charge on any atom is 0.219 e. The zero-order chi connectivity index (χ0) is 10.4. The summed E-state index contributed by atoms with van der Waals surface area (Å²) in [6.45, 7) is 1.44. The van der Waals surface area contributed by atoms with Gasteiger partial charge in [0.15, 0.2) is 0 Å². The van der Waals surface area contributed by atoms with Crippen molar-refractivity contribution in [1.82, 2.24) is 5.32 Å². The van der Waals surface area contributed by atoms with Crippen LogP contribution in [0, 0.1) is 5.92 Å². The Labute approximate surface area is 85.4 Å². The highest BCUT2D eigenvalue weighted by molar-refractivity contribution is 5.74. The van der Waals surface area contributed by atoms with Crippen molar-refractivity contribution in [3.63, 3.8) is 0 Å². The number of rotatable bonds is 7. The molecular weight excluding hydrogens is 178 g/mol. The fourth-order valence-corrected chi connectivity index (χ4v) is 1.75. The van der Waals surface area contributed by atoms with Gasteiger partial charge in [0.05, 0.1) is 0 Å². The van der Waals surface area contributed by atoms with Gasteiger partial charge in [-0.05, 0) is 18.9 Å². The van der Waals surface area contributed by atoms with Crippen LogP contribution in [-0.2, 0) is 4.79 Å². The third-order valence-electron chi connectivity index (χ3n) is 2.94. The number of hydrogen-bond acceptors (Lipinski definition) is 3. The second-order valence-corrected chi connectivity index (χ2v) is 4.14. The molecule has 14 heavy (non-hydrogen) atoms. The van der Waals surface area contributed by atoms with Crippen molar-refractivity contribution in [3.05, 3.63) is 0 Å². The Hall–Kier alpha value is -0.610. The van der Waals surface area contributed by atoms with Gasteiger partial charge in [0.25, 0.3) is 0 Å². The van der Waals surface area contributed by atoms with Gasteiger partial charge < -0.3 is 16.8 Å². The third-order valence-corrected chi connectivity index (χ3v) is 2.94. The highest BCUT2D eigenvalue weighted by Crippen LogP contribution is 2.28. The summed E-state index contributed by atoms with van der Waals surface area (Å²) < 4.78 is 0. The average Bonchev–Trinajstić information content (AvgIpc) is 2.06. The summed E-state index contributed by atoms with van der Waals surface area (Å²) in [4.78, 5) is 10.7. The van der Waals surface area contributed by atoms with E-state index in [1.165, 1.54) is 25.7 Å². The average molecular weight is 199 g/mol. The van der Waals surface area contributed by atoms with Gasteiger partial charge in [-0.2, -0.15) is 0 Å². The fraction of sp³-hybridized carbons (Fsp3) is 0.900. The van der Waals surface area contributed by atoms with Gasteiger partial charge in [0.2, 0.25) is 5.91 Å². The number of hydrogen-bond donors (Lipinski definition) is 3. The molecule has 0 aromatic heterocycles. The lowest BCUT2D eigenvalue weighted by Crippen LogP contribution is -2.40. The van der Waals surface area contributed by atoms with E-state index >= 15 is 0 Å². The summed E-state index contributed by atoms with van der Waals surface area (Å²) in [5.41, 5.74) is 10.6. The zero-order valence-electron chi connectivity index (χ0n) is 8.67. The minimum atomic E-state index is -0.281. The third kappa shape index (κ3) is 4.07. The maximum absolute atomic E-state index is 10.7. The summed E-state index contributed by atoms with van der Waals surface area (Å²) in [5, 5.41) is 3.27. The lowest BCUT2D eigenvalue weighted by Gasteiger charge is -2.26. The van der Waals surface area contributed by atoms with Gasteiger partial charge >= 0.3 is 0 Å². The quantitative estimate of drug-likeness (QED) is 0.538. The number of nitrogens with one attached hydrogen (secondary N) is 1. The van der Waals surface area contributed by atoms with E-state index in [-0.39, 0.29) is 11.9 Å². The number of nitrogens with two attached hydrogens (primary N) is 2. The van der Waals surface area contributed by atoms with Gasteiger partial charge in [0, 0.05) is 19.0 Å². The zero-order valence-corrected chi connectivity index (χ0v) is 8.67. The SMILES string of the molecule is NCC(CC(N)=O)NCCC1CCC1. The first-order valence-electron chi connectivity index (χ1n) is 5.44. The molecule has 1 rings (SSSR count). The molecule has 0 bridgehead atoms. The van der Waals surface area contributed by atoms with Gasteiger partial charge in [0.1, 0.15) is 0 Å². The molecular formula is C10H21N3O. The second kappa shape index (κ2) is 5.98. The number of carbonyl (C=O) groups excluding carboxylic acids is 1. The van der Waals surface area contributed by atoms with E-state index in [2.05, 4.69) is 5.32 Å². The Balaban J connectivity index is 2.03. The minimum Gasteiger partial charge on any atom is -0.370 e. The van der Waals surface area contributed by atoms with Gasteiger partial charge in [-0.3, -0.25) is 4.79 Å². The molecule has 4 nitrogen and oxygen atoms in total. The molecule has 1 amide bonds. The molecule has 0 spiro atoms. The number of primary amides is 1. The van der Waals surface area contributed by atoms with Crippen molar-refractivity contribution in [2.45, 2.75) is 38.1 Å². The van der Waals surface area contributed by atoms with E-state index in [1.54, 1.807) is 0 Å². The van der Waals surface area contributed by atoms with Crippen LogP contribution in [0.2, 0.25) is 0 Å². The summed E-state index contributed by atoms with van der Waals surface area (Å²) in [6, 6.07) is 0.0626. The van der Waals surface area contributed by atoms with Crippen LogP contribution < -0.4 is 16.8 Å². The van der Waals surface area contributed by atoms with Crippen LogP contribution in [0.5, 0.6) is 0 Å². The van der Waals surface area contributed by atoms with E-state index in [0.717, 1.165) is 12.5 Å². The topological polar surface area (TPSA) is 81.1 Å². The summed E-state index contributed by atoms with van der Waals surface area (Å²) >= 11 is 0. The van der Waals surface area contributed by atoms with Crippen LogP contribution in [0.3, 0.4) is 0 Å². The molecule has 4 heteroatoms. The first-order chi connectivity index (χ1) is 6.72. The van der Waals surface area contributed by atoms with Crippen molar-refractivity contribution >= 4 is 5.91 Å². The molecule has 0 aliphatic heterocycles. The highest BCUT2D eigenvalue weighted by atomic mass is 16.1. The molecule has 0 heterocycles. The smallest absolute Gasteiger partial charge is 0.219 e. The summed E-state index contributed by atoms with van der Waals surface area (Å²) in [5.74, 6) is 0.617. The predicted octanol–water partition coefficient (Wildman–Crippen LogP) is -0.0311. The fourth-order valence-electron chi connectivity index (χ4n) is 1.75. The molecule has 1 aliphatic rings. The van der Waals surface area contributed by atoms with Crippen LogP contribution in [0.15, 0.2) is 0 Å². The summed E-state index contributed by atoms with van der Waals surface area (Å²) in [6.07, 6.45) is 5.66. The van der Waals surface area contributed by atoms with Crippen LogP contribution in [0.4, 0.5) is 0 Å². The molecule has 0 saturated heterocycles. The molecule has 0 aromatic rings. The Morgan fingerprint density at radius 1 is 1.50 bits per heavy atom. The van der Waals surface area contributed by atoms with Crippen molar-refractivity contribution in [1.29, 1.82) is 0 Å². The Morgan fingerprint density at radius 2 is 2.21 bits per heavy atom. The van der Waals surface area contributed by atoms with Crippen molar-refractivity contribution in [2.75, 3.05) is 13.1 Å². The van der Waals surface area contributed by atoms with E-state index in [0.29, 0.717) is 13.0 Å². The minimum absolute atomic E-state index is 0.0626. The molecule has 1 aliphatic carbocycles. The predicted molar refractivity (Wildman–Crippen MR) is 56.6 cm³/mol. The summed E-state index contributed by atoms with van der Waals surface area (Å²) in [7, 11) is 0. The van der Waals surface area contributed by atoms with E-state index < -0.39 is 0 Å². The normalized spacial score (nSPS) is 18.9. The maximum atomic E-state index is 10.7. The monoisotopic (exact) mass is 199 g/mol. The Kier molecular flexibility index (Phi) is 4.90. The molecule has 82 valence electrons. The molecule has 1 atom stereocenters. The number of carbonyl (C=O) groups is 1. The van der Waals surface area contributed by atoms with Crippen LogP contribution in [-0.4, -0.2) is 25.0 Å². The molecule has 5 N–H and O–H groups in total. The molecule has 1 unspecified atom stereocenters. The van der Waals surface area contributed by atoms with Crippen LogP contribution in [0.25, 0.3) is 0 Å². The molecule has 1 fully saturated rings. The Bertz CT molecular complexity index is 180. The van der Waals surface area contributed by atoms with Crippen molar-refractivity contribution in [3.8, 4) is 0 Å². The van der Waals surface area contributed by atoms with Gasteiger partial charge in [-0.15, -0.1) is 0 Å². The lowest BCUT2D eigenvalue weighted by atomic mass is 9.83. The van der Waals surface area contributed by atoms with E-state index in [9.17, 15) is 4.79 Å². The number of amides is 1. The van der Waals surface area contributed by atoms with Gasteiger partial charge in [-0.25, -0.2) is 0 Å². The molecule has 0 aromatic carbocycles. The van der Waals surface area contributed by atoms with Crippen LogP contribution in [0.1, 0.15) is 32.1 Å². The van der Waals surface area contributed by atoms with Crippen molar-refractivity contribution in [2.24, 2.45) is 17.4 Å².